The fraction of sp³-hybridized carbons (Fsp3) is 0.267. The summed E-state index contributed by atoms with van der Waals surface area (Å²) < 4.78 is 20.9. The number of aromatic nitrogens is 3. The lowest BCUT2D eigenvalue weighted by molar-refractivity contribution is -0.139. The molecule has 7 heteroatoms. The minimum absolute atomic E-state index is 0.240. The normalized spacial score (nSPS) is 17.0. The molecule has 22 heavy (non-hydrogen) atoms. The first-order valence-corrected chi connectivity index (χ1v) is 6.92. The van der Waals surface area contributed by atoms with Crippen molar-refractivity contribution in [3.8, 4) is 0 Å². The molecule has 2 aromatic rings. The van der Waals surface area contributed by atoms with Crippen molar-refractivity contribution < 1.29 is 13.9 Å². The number of hydrogen-bond acceptors (Lipinski definition) is 5. The Kier molecular flexibility index (Phi) is 3.62. The number of anilines is 1. The average molecular weight is 302 g/mol. The van der Waals surface area contributed by atoms with Gasteiger partial charge in [0.1, 0.15) is 18.2 Å². The summed E-state index contributed by atoms with van der Waals surface area (Å²) in [4.78, 5) is 16.4. The average Bonchev–Trinajstić information content (AvgIpc) is 2.94. The number of benzene rings is 1. The number of allylic oxidation sites excluding steroid dienone is 1. The first-order valence-electron chi connectivity index (χ1n) is 6.92. The smallest absolute Gasteiger partial charge is 0.338 e. The van der Waals surface area contributed by atoms with Crippen molar-refractivity contribution in [1.29, 1.82) is 0 Å². The van der Waals surface area contributed by atoms with E-state index in [0.29, 0.717) is 22.8 Å². The fourth-order valence-electron chi connectivity index (χ4n) is 2.55. The first kappa shape index (κ1) is 14.2. The topological polar surface area (TPSA) is 69.0 Å². The van der Waals surface area contributed by atoms with Crippen molar-refractivity contribution in [3.63, 3.8) is 0 Å². The Morgan fingerprint density at radius 1 is 1.45 bits per heavy atom. The minimum atomic E-state index is -0.709. The first-order chi connectivity index (χ1) is 10.6. The van der Waals surface area contributed by atoms with Crippen LogP contribution in [0.25, 0.3) is 0 Å². The van der Waals surface area contributed by atoms with Gasteiger partial charge in [0.15, 0.2) is 0 Å². The lowest BCUT2D eigenvalue weighted by Gasteiger charge is -2.28. The molecule has 1 aliphatic heterocycles. The van der Waals surface area contributed by atoms with Gasteiger partial charge >= 0.3 is 5.97 Å². The summed E-state index contributed by atoms with van der Waals surface area (Å²) in [6.07, 6.45) is 1.36. The second-order valence-electron chi connectivity index (χ2n) is 4.84. The second kappa shape index (κ2) is 5.59. The molecule has 0 radical (unpaired) electrons. The summed E-state index contributed by atoms with van der Waals surface area (Å²) >= 11 is 0. The summed E-state index contributed by atoms with van der Waals surface area (Å²) in [5.74, 6) is -0.453. The molecule has 1 aliphatic rings. The van der Waals surface area contributed by atoms with Gasteiger partial charge in [0.05, 0.1) is 12.2 Å². The van der Waals surface area contributed by atoms with Crippen LogP contribution in [0.1, 0.15) is 25.5 Å². The Morgan fingerprint density at radius 3 is 2.95 bits per heavy atom. The van der Waals surface area contributed by atoms with Crippen LogP contribution in [-0.2, 0) is 9.53 Å². The number of fused-ring (bicyclic) bond motifs is 1. The highest BCUT2D eigenvalue weighted by atomic mass is 19.1. The van der Waals surface area contributed by atoms with Gasteiger partial charge in [-0.25, -0.2) is 13.9 Å². The number of halogens is 1. The van der Waals surface area contributed by atoms with Crippen molar-refractivity contribution in [3.05, 3.63) is 53.2 Å². The van der Waals surface area contributed by atoms with E-state index in [-0.39, 0.29) is 6.61 Å². The van der Waals surface area contributed by atoms with Gasteiger partial charge < -0.3 is 10.1 Å². The predicted octanol–water partition coefficient (Wildman–Crippen LogP) is 2.27. The van der Waals surface area contributed by atoms with Gasteiger partial charge in [-0.05, 0) is 19.9 Å². The van der Waals surface area contributed by atoms with E-state index in [0.717, 1.165) is 0 Å². The van der Waals surface area contributed by atoms with Gasteiger partial charge in [0.25, 0.3) is 0 Å². The van der Waals surface area contributed by atoms with Crippen molar-refractivity contribution >= 4 is 11.9 Å². The molecule has 1 atom stereocenters. The van der Waals surface area contributed by atoms with Gasteiger partial charge in [-0.1, -0.05) is 18.2 Å². The van der Waals surface area contributed by atoms with Crippen LogP contribution in [0.5, 0.6) is 0 Å². The van der Waals surface area contributed by atoms with Gasteiger partial charge in [0.2, 0.25) is 5.95 Å². The molecule has 1 N–H and O–H groups in total. The van der Waals surface area contributed by atoms with Crippen LogP contribution >= 0.6 is 0 Å². The predicted molar refractivity (Wildman–Crippen MR) is 77.5 cm³/mol. The van der Waals surface area contributed by atoms with Crippen molar-refractivity contribution in [1.82, 2.24) is 14.8 Å². The Labute approximate surface area is 126 Å². The van der Waals surface area contributed by atoms with Crippen LogP contribution in [0.2, 0.25) is 0 Å². The highest BCUT2D eigenvalue weighted by molar-refractivity contribution is 5.92. The Balaban J connectivity index is 2.18. The molecular formula is C15H15FN4O2. The number of nitrogens with one attached hydrogen (secondary N) is 1. The van der Waals surface area contributed by atoms with E-state index >= 15 is 0 Å². The molecule has 0 aliphatic carbocycles. The van der Waals surface area contributed by atoms with Crippen LogP contribution in [0.15, 0.2) is 41.9 Å². The van der Waals surface area contributed by atoms with Gasteiger partial charge in [0, 0.05) is 11.3 Å². The number of carbonyl (C=O) groups is 1. The monoisotopic (exact) mass is 302 g/mol. The zero-order valence-electron chi connectivity index (χ0n) is 12.2. The Hall–Kier alpha value is -2.70. The number of carbonyl (C=O) groups excluding carboxylic acids is 1. The maximum Gasteiger partial charge on any atom is 0.338 e. The largest absolute Gasteiger partial charge is 0.463 e. The zero-order valence-corrected chi connectivity index (χ0v) is 12.2. The molecule has 0 saturated heterocycles. The Bertz CT molecular complexity index is 754. The summed E-state index contributed by atoms with van der Waals surface area (Å²) in [7, 11) is 0. The molecule has 1 aromatic carbocycles. The molecule has 0 saturated carbocycles. The molecule has 0 unspecified atom stereocenters. The molecule has 6 nitrogen and oxygen atoms in total. The Morgan fingerprint density at radius 2 is 2.23 bits per heavy atom. The van der Waals surface area contributed by atoms with E-state index in [2.05, 4.69) is 15.4 Å². The molecule has 3 rings (SSSR count). The third-order valence-corrected chi connectivity index (χ3v) is 3.49. The SMILES string of the molecule is CCOC(=O)C1=C(C)Nc2ncnn2[C@@H]1c1ccccc1F. The standard InChI is InChI=1S/C15H15FN4O2/c1-3-22-14(21)12-9(2)19-15-17-8-18-20(15)13(12)10-6-4-5-7-11(10)16/h4-8,13H,3H2,1-2H3,(H,17,18,19)/t13-/m1/s1. The third kappa shape index (κ3) is 2.24. The van der Waals surface area contributed by atoms with E-state index in [4.69, 9.17) is 4.74 Å². The van der Waals surface area contributed by atoms with E-state index in [1.54, 1.807) is 32.0 Å². The minimum Gasteiger partial charge on any atom is -0.463 e. The number of esters is 1. The second-order valence-corrected chi connectivity index (χ2v) is 4.84. The molecule has 0 bridgehead atoms. The molecule has 0 amide bonds. The van der Waals surface area contributed by atoms with Crippen LogP contribution in [0.4, 0.5) is 10.3 Å². The number of hydrogen-bond donors (Lipinski definition) is 1. The van der Waals surface area contributed by atoms with Crippen molar-refractivity contribution in [2.45, 2.75) is 19.9 Å². The number of ether oxygens (including phenoxy) is 1. The summed E-state index contributed by atoms with van der Waals surface area (Å²) in [6.45, 7) is 3.70. The van der Waals surface area contributed by atoms with Gasteiger partial charge in [-0.15, -0.1) is 0 Å². The third-order valence-electron chi connectivity index (χ3n) is 3.49. The van der Waals surface area contributed by atoms with Gasteiger partial charge in [-0.2, -0.15) is 10.1 Å². The zero-order chi connectivity index (χ0) is 15.7. The summed E-state index contributed by atoms with van der Waals surface area (Å²) in [5, 5.41) is 7.11. The fourth-order valence-corrected chi connectivity index (χ4v) is 2.55. The van der Waals surface area contributed by atoms with E-state index in [9.17, 15) is 9.18 Å². The van der Waals surface area contributed by atoms with Crippen LogP contribution in [0, 0.1) is 5.82 Å². The highest BCUT2D eigenvalue weighted by Gasteiger charge is 2.35. The lowest BCUT2D eigenvalue weighted by atomic mass is 9.95. The van der Waals surface area contributed by atoms with Crippen molar-refractivity contribution in [2.75, 3.05) is 11.9 Å². The van der Waals surface area contributed by atoms with Gasteiger partial charge in [-0.3, -0.25) is 0 Å². The maximum absolute atomic E-state index is 14.3. The quantitative estimate of drug-likeness (QED) is 0.881. The molecule has 0 spiro atoms. The van der Waals surface area contributed by atoms with Crippen LogP contribution < -0.4 is 5.32 Å². The molecular weight excluding hydrogens is 287 g/mol. The maximum atomic E-state index is 14.3. The molecule has 2 heterocycles. The highest BCUT2D eigenvalue weighted by Crippen LogP contribution is 2.36. The molecule has 1 aromatic heterocycles. The summed E-state index contributed by atoms with van der Waals surface area (Å²) in [5.41, 5.74) is 1.25. The van der Waals surface area contributed by atoms with E-state index in [1.807, 2.05) is 0 Å². The lowest BCUT2D eigenvalue weighted by Crippen LogP contribution is -2.30. The van der Waals surface area contributed by atoms with E-state index < -0.39 is 17.8 Å². The van der Waals surface area contributed by atoms with E-state index in [1.165, 1.54) is 17.1 Å². The van der Waals surface area contributed by atoms with Crippen molar-refractivity contribution in [2.24, 2.45) is 0 Å². The van der Waals surface area contributed by atoms with Crippen LogP contribution in [-0.4, -0.2) is 27.3 Å². The number of rotatable bonds is 3. The summed E-state index contributed by atoms with van der Waals surface area (Å²) in [6, 6.07) is 5.59. The molecule has 0 fully saturated rings. The number of nitrogens with zero attached hydrogens (tertiary/aromatic N) is 3. The molecule has 114 valence electrons. The van der Waals surface area contributed by atoms with Crippen LogP contribution in [0.3, 0.4) is 0 Å².